The van der Waals surface area contributed by atoms with E-state index in [-0.39, 0.29) is 6.61 Å². The molecule has 0 spiro atoms. The number of hydrogen-bond acceptors (Lipinski definition) is 5. The molecule has 0 fully saturated rings. The highest BCUT2D eigenvalue weighted by Crippen LogP contribution is 2.11. The summed E-state index contributed by atoms with van der Waals surface area (Å²) in [5, 5.41) is 15.1. The molecule has 1 aromatic heterocycles. The molecule has 0 saturated carbocycles. The van der Waals surface area contributed by atoms with E-state index < -0.39 is 0 Å². The summed E-state index contributed by atoms with van der Waals surface area (Å²) in [6.07, 6.45) is 2.95. The fourth-order valence-electron chi connectivity index (χ4n) is 1.56. The first-order valence-corrected chi connectivity index (χ1v) is 6.20. The molecule has 0 saturated heterocycles. The summed E-state index contributed by atoms with van der Waals surface area (Å²) in [5.74, 6) is 2.48. The highest BCUT2D eigenvalue weighted by molar-refractivity contribution is 5.47. The molecule has 0 radical (unpaired) electrons. The van der Waals surface area contributed by atoms with Gasteiger partial charge in [-0.05, 0) is 33.1 Å². The van der Waals surface area contributed by atoms with Crippen LogP contribution in [-0.2, 0) is 0 Å². The van der Waals surface area contributed by atoms with Gasteiger partial charge in [0, 0.05) is 25.8 Å². The smallest absolute Gasteiger partial charge is 0.131 e. The molecule has 3 N–H and O–H groups in total. The Balaban J connectivity index is 2.41. The summed E-state index contributed by atoms with van der Waals surface area (Å²) >= 11 is 0. The van der Waals surface area contributed by atoms with Crippen LogP contribution in [0.3, 0.4) is 0 Å². The van der Waals surface area contributed by atoms with Gasteiger partial charge in [-0.1, -0.05) is 0 Å². The summed E-state index contributed by atoms with van der Waals surface area (Å²) < 4.78 is 0. The van der Waals surface area contributed by atoms with E-state index in [0.29, 0.717) is 0 Å². The molecule has 0 amide bonds. The summed E-state index contributed by atoms with van der Waals surface area (Å²) in [4.78, 5) is 8.61. The standard InChI is InChI=1S/C12H22N4O/c1-3-13-11-9-12(16-10(2)15-11)14-7-5-4-6-8-17/h9,17H,3-8H2,1-2H3,(H2,13,14,15,16). The van der Waals surface area contributed by atoms with Crippen LogP contribution in [0.4, 0.5) is 11.6 Å². The molecule has 0 aliphatic heterocycles. The number of hydrogen-bond donors (Lipinski definition) is 3. The molecule has 1 rings (SSSR count). The number of rotatable bonds is 8. The number of nitrogens with one attached hydrogen (secondary N) is 2. The van der Waals surface area contributed by atoms with Crippen molar-refractivity contribution in [1.29, 1.82) is 0 Å². The lowest BCUT2D eigenvalue weighted by Crippen LogP contribution is -2.07. The molecule has 0 aliphatic carbocycles. The van der Waals surface area contributed by atoms with Crippen LogP contribution in [0.2, 0.25) is 0 Å². The zero-order valence-electron chi connectivity index (χ0n) is 10.7. The van der Waals surface area contributed by atoms with Gasteiger partial charge in [0.25, 0.3) is 0 Å². The van der Waals surface area contributed by atoms with Crippen molar-refractivity contribution in [2.75, 3.05) is 30.3 Å². The van der Waals surface area contributed by atoms with Crippen LogP contribution in [0.1, 0.15) is 32.0 Å². The number of anilines is 2. The minimum atomic E-state index is 0.275. The third-order valence-electron chi connectivity index (χ3n) is 2.34. The van der Waals surface area contributed by atoms with E-state index >= 15 is 0 Å². The zero-order chi connectivity index (χ0) is 12.5. The van der Waals surface area contributed by atoms with E-state index in [1.54, 1.807) is 0 Å². The van der Waals surface area contributed by atoms with E-state index in [1.807, 2.05) is 19.9 Å². The lowest BCUT2D eigenvalue weighted by atomic mass is 10.2. The van der Waals surface area contributed by atoms with Gasteiger partial charge in [0.1, 0.15) is 17.5 Å². The van der Waals surface area contributed by atoms with Crippen molar-refractivity contribution in [3.05, 3.63) is 11.9 Å². The van der Waals surface area contributed by atoms with Gasteiger partial charge in [0.2, 0.25) is 0 Å². The second kappa shape index (κ2) is 7.84. The van der Waals surface area contributed by atoms with Crippen LogP contribution in [0.25, 0.3) is 0 Å². The number of aliphatic hydroxyl groups excluding tert-OH is 1. The first-order valence-electron chi connectivity index (χ1n) is 6.20. The Morgan fingerprint density at radius 1 is 1.12 bits per heavy atom. The van der Waals surface area contributed by atoms with Gasteiger partial charge in [0.05, 0.1) is 0 Å². The summed E-state index contributed by atoms with van der Waals surface area (Å²) in [5.41, 5.74) is 0. The second-order valence-electron chi connectivity index (χ2n) is 3.93. The maximum absolute atomic E-state index is 8.67. The molecule has 1 heterocycles. The van der Waals surface area contributed by atoms with E-state index in [0.717, 1.165) is 49.8 Å². The zero-order valence-corrected chi connectivity index (χ0v) is 10.7. The molecule has 0 unspecified atom stereocenters. The van der Waals surface area contributed by atoms with Crippen LogP contribution < -0.4 is 10.6 Å². The molecule has 0 bridgehead atoms. The number of aromatic nitrogens is 2. The molecule has 0 aliphatic rings. The minimum Gasteiger partial charge on any atom is -0.396 e. The molecule has 96 valence electrons. The first-order chi connectivity index (χ1) is 8.26. The summed E-state index contributed by atoms with van der Waals surface area (Å²) in [7, 11) is 0. The first kappa shape index (κ1) is 13.7. The van der Waals surface area contributed by atoms with E-state index in [4.69, 9.17) is 5.11 Å². The Kier molecular flexibility index (Phi) is 6.32. The Labute approximate surface area is 103 Å². The molecule has 5 heteroatoms. The average molecular weight is 238 g/mol. The van der Waals surface area contributed by atoms with Crippen molar-refractivity contribution >= 4 is 11.6 Å². The van der Waals surface area contributed by atoms with Crippen LogP contribution in [-0.4, -0.2) is 34.8 Å². The maximum atomic E-state index is 8.67. The predicted molar refractivity (Wildman–Crippen MR) is 70.4 cm³/mol. The van der Waals surface area contributed by atoms with Gasteiger partial charge in [-0.3, -0.25) is 0 Å². The van der Waals surface area contributed by atoms with Gasteiger partial charge in [-0.2, -0.15) is 0 Å². The average Bonchev–Trinajstić information content (AvgIpc) is 2.28. The molecule has 0 atom stereocenters. The Morgan fingerprint density at radius 2 is 1.82 bits per heavy atom. The van der Waals surface area contributed by atoms with Crippen molar-refractivity contribution in [1.82, 2.24) is 9.97 Å². The van der Waals surface area contributed by atoms with Crippen molar-refractivity contribution in [2.24, 2.45) is 0 Å². The van der Waals surface area contributed by atoms with Crippen LogP contribution in [0.5, 0.6) is 0 Å². The molecule has 1 aromatic rings. The second-order valence-corrected chi connectivity index (χ2v) is 3.93. The third kappa shape index (κ3) is 5.49. The van der Waals surface area contributed by atoms with Gasteiger partial charge < -0.3 is 15.7 Å². The van der Waals surface area contributed by atoms with Crippen molar-refractivity contribution in [3.63, 3.8) is 0 Å². The van der Waals surface area contributed by atoms with Crippen molar-refractivity contribution < 1.29 is 5.11 Å². The van der Waals surface area contributed by atoms with E-state index in [1.165, 1.54) is 0 Å². The SMILES string of the molecule is CCNc1cc(NCCCCCO)nc(C)n1. The maximum Gasteiger partial charge on any atom is 0.131 e. The topological polar surface area (TPSA) is 70.1 Å². The summed E-state index contributed by atoms with van der Waals surface area (Å²) in [6.45, 7) is 5.93. The third-order valence-corrected chi connectivity index (χ3v) is 2.34. The predicted octanol–water partition coefficient (Wildman–Crippen LogP) is 1.79. The minimum absolute atomic E-state index is 0.275. The number of unbranched alkanes of at least 4 members (excludes halogenated alkanes) is 2. The Bertz CT molecular complexity index is 330. The molecular weight excluding hydrogens is 216 g/mol. The van der Waals surface area contributed by atoms with Gasteiger partial charge in [-0.25, -0.2) is 9.97 Å². The quantitative estimate of drug-likeness (QED) is 0.602. The van der Waals surface area contributed by atoms with Crippen LogP contribution in [0.15, 0.2) is 6.07 Å². The van der Waals surface area contributed by atoms with E-state index in [9.17, 15) is 0 Å². The normalized spacial score (nSPS) is 10.3. The van der Waals surface area contributed by atoms with Crippen molar-refractivity contribution in [3.8, 4) is 0 Å². The lowest BCUT2D eigenvalue weighted by molar-refractivity contribution is 0.283. The largest absolute Gasteiger partial charge is 0.396 e. The molecule has 0 aromatic carbocycles. The number of aliphatic hydroxyl groups is 1. The highest BCUT2D eigenvalue weighted by Gasteiger charge is 2.00. The Hall–Kier alpha value is -1.36. The number of nitrogens with zero attached hydrogens (tertiary/aromatic N) is 2. The highest BCUT2D eigenvalue weighted by atomic mass is 16.2. The fraction of sp³-hybridized carbons (Fsp3) is 0.667. The van der Waals surface area contributed by atoms with Gasteiger partial charge in [0.15, 0.2) is 0 Å². The lowest BCUT2D eigenvalue weighted by Gasteiger charge is -2.08. The fourth-order valence-corrected chi connectivity index (χ4v) is 1.56. The molecule has 5 nitrogen and oxygen atoms in total. The van der Waals surface area contributed by atoms with E-state index in [2.05, 4.69) is 20.6 Å². The summed E-state index contributed by atoms with van der Waals surface area (Å²) in [6, 6.07) is 1.92. The van der Waals surface area contributed by atoms with Crippen LogP contribution >= 0.6 is 0 Å². The van der Waals surface area contributed by atoms with Crippen molar-refractivity contribution in [2.45, 2.75) is 33.1 Å². The molecular formula is C12H22N4O. The van der Waals surface area contributed by atoms with Gasteiger partial charge >= 0.3 is 0 Å². The van der Waals surface area contributed by atoms with Gasteiger partial charge in [-0.15, -0.1) is 0 Å². The monoisotopic (exact) mass is 238 g/mol. The number of aryl methyl sites for hydroxylation is 1. The van der Waals surface area contributed by atoms with Crippen LogP contribution in [0, 0.1) is 6.92 Å². The molecule has 17 heavy (non-hydrogen) atoms. The Morgan fingerprint density at radius 3 is 2.47 bits per heavy atom.